The molecular formula is C33H32FN3O4S. The highest BCUT2D eigenvalue weighted by molar-refractivity contribution is 7.90. The number of fused-ring (bicyclic) bond motifs is 1. The lowest BCUT2D eigenvalue weighted by atomic mass is 9.99. The standard InChI is InChI=1S/C33H32FN3O4S/c1-4-26-27(14-16-31(32(26)34)42(3,39)40)33(38)37-17-18-41-30-15-13-24(19-25(30)20-37)23-11-9-22(10-12-23)21(2)36-29-8-6-5-7-28(29)35/h5-16,19,36H,2,4,17-18,20,35H2,1,3H3. The number of ether oxygens (including phenoxy) is 1. The molecule has 0 radical (unpaired) electrons. The van der Waals surface area contributed by atoms with Crippen molar-refractivity contribution >= 4 is 32.8 Å². The number of amides is 1. The predicted molar refractivity (Wildman–Crippen MR) is 165 cm³/mol. The quantitative estimate of drug-likeness (QED) is 0.252. The van der Waals surface area contributed by atoms with E-state index in [1.165, 1.54) is 12.1 Å². The summed E-state index contributed by atoms with van der Waals surface area (Å²) < 4.78 is 45.1. The number of nitrogens with one attached hydrogen (secondary N) is 1. The van der Waals surface area contributed by atoms with E-state index in [1.54, 1.807) is 11.8 Å². The number of hydrogen-bond donors (Lipinski definition) is 2. The van der Waals surface area contributed by atoms with E-state index >= 15 is 4.39 Å². The third-order valence-electron chi connectivity index (χ3n) is 7.33. The van der Waals surface area contributed by atoms with Gasteiger partial charge < -0.3 is 20.7 Å². The second-order valence-electron chi connectivity index (χ2n) is 10.2. The van der Waals surface area contributed by atoms with E-state index in [-0.39, 0.29) is 36.6 Å². The van der Waals surface area contributed by atoms with Gasteiger partial charge in [-0.25, -0.2) is 12.8 Å². The number of nitrogens with two attached hydrogens (primary N) is 1. The normalized spacial score (nSPS) is 13.1. The highest BCUT2D eigenvalue weighted by atomic mass is 32.2. The smallest absolute Gasteiger partial charge is 0.254 e. The molecule has 1 aliphatic rings. The third-order valence-corrected chi connectivity index (χ3v) is 8.45. The van der Waals surface area contributed by atoms with E-state index in [4.69, 9.17) is 10.5 Å². The number of nitrogen functional groups attached to an aromatic ring is 1. The molecule has 0 aliphatic carbocycles. The fraction of sp³-hybridized carbons (Fsp3) is 0.182. The number of carbonyl (C=O) groups is 1. The van der Waals surface area contributed by atoms with Crippen LogP contribution >= 0.6 is 0 Å². The van der Waals surface area contributed by atoms with Crippen LogP contribution in [0.15, 0.2) is 90.3 Å². The minimum absolute atomic E-state index is 0.0909. The van der Waals surface area contributed by atoms with Crippen LogP contribution < -0.4 is 15.8 Å². The lowest BCUT2D eigenvalue weighted by molar-refractivity contribution is 0.0731. The molecule has 0 atom stereocenters. The van der Waals surface area contributed by atoms with Gasteiger partial charge in [0.05, 0.1) is 17.9 Å². The SMILES string of the molecule is C=C(Nc1ccccc1N)c1ccc(-c2ccc3c(c2)CN(C(=O)c2ccc(S(C)(=O)=O)c(F)c2CC)CCO3)cc1. The molecule has 0 fully saturated rings. The highest BCUT2D eigenvalue weighted by Gasteiger charge is 2.27. The van der Waals surface area contributed by atoms with E-state index in [9.17, 15) is 13.2 Å². The Kier molecular flexibility index (Phi) is 8.04. The summed E-state index contributed by atoms with van der Waals surface area (Å²) in [5.74, 6) is -0.562. The molecule has 4 aromatic rings. The molecule has 0 bridgehead atoms. The lowest BCUT2D eigenvalue weighted by Gasteiger charge is -2.22. The first-order valence-corrected chi connectivity index (χ1v) is 15.4. The lowest BCUT2D eigenvalue weighted by Crippen LogP contribution is -2.33. The molecule has 0 unspecified atom stereocenters. The second-order valence-corrected chi connectivity index (χ2v) is 12.2. The first-order chi connectivity index (χ1) is 20.1. The Hall–Kier alpha value is -4.63. The summed E-state index contributed by atoms with van der Waals surface area (Å²) in [5, 5.41) is 3.26. The monoisotopic (exact) mass is 585 g/mol. The number of halogens is 1. The summed E-state index contributed by atoms with van der Waals surface area (Å²) in [6, 6.07) is 23.9. The number of benzene rings is 4. The zero-order valence-corrected chi connectivity index (χ0v) is 24.3. The molecule has 1 heterocycles. The molecule has 1 amide bonds. The van der Waals surface area contributed by atoms with Crippen molar-refractivity contribution in [2.45, 2.75) is 24.8 Å². The molecule has 9 heteroatoms. The Morgan fingerprint density at radius 2 is 1.76 bits per heavy atom. The minimum Gasteiger partial charge on any atom is -0.491 e. The van der Waals surface area contributed by atoms with Gasteiger partial charge in [-0.15, -0.1) is 0 Å². The number of sulfone groups is 1. The zero-order chi connectivity index (χ0) is 30.0. The molecule has 1 aliphatic heterocycles. The molecule has 42 heavy (non-hydrogen) atoms. The van der Waals surface area contributed by atoms with E-state index in [1.807, 2.05) is 66.7 Å². The van der Waals surface area contributed by atoms with Crippen LogP contribution in [0.2, 0.25) is 0 Å². The van der Waals surface area contributed by atoms with Crippen LogP contribution in [0.25, 0.3) is 16.8 Å². The number of carbonyl (C=O) groups excluding carboxylic acids is 1. The number of para-hydroxylation sites is 2. The second kappa shape index (κ2) is 11.7. The van der Waals surface area contributed by atoms with Crippen LogP contribution in [0.3, 0.4) is 0 Å². The van der Waals surface area contributed by atoms with Gasteiger partial charge in [0.25, 0.3) is 5.91 Å². The van der Waals surface area contributed by atoms with Crippen LogP contribution in [0.5, 0.6) is 5.75 Å². The Morgan fingerprint density at radius 3 is 2.45 bits per heavy atom. The van der Waals surface area contributed by atoms with Gasteiger partial charge in [-0.1, -0.05) is 56.0 Å². The van der Waals surface area contributed by atoms with Crippen LogP contribution in [0, 0.1) is 5.82 Å². The maximum absolute atomic E-state index is 15.1. The van der Waals surface area contributed by atoms with Crippen molar-refractivity contribution in [2.24, 2.45) is 0 Å². The number of rotatable bonds is 7. The van der Waals surface area contributed by atoms with Crippen molar-refractivity contribution in [3.8, 4) is 16.9 Å². The van der Waals surface area contributed by atoms with Crippen LogP contribution in [-0.2, 0) is 22.8 Å². The summed E-state index contributed by atoms with van der Waals surface area (Å²) in [4.78, 5) is 14.8. The molecule has 7 nitrogen and oxygen atoms in total. The van der Waals surface area contributed by atoms with Crippen molar-refractivity contribution < 1.29 is 22.3 Å². The summed E-state index contributed by atoms with van der Waals surface area (Å²) >= 11 is 0. The molecule has 216 valence electrons. The first-order valence-electron chi connectivity index (χ1n) is 13.5. The largest absolute Gasteiger partial charge is 0.491 e. The van der Waals surface area contributed by atoms with Gasteiger partial charge in [-0.05, 0) is 59.5 Å². The summed E-state index contributed by atoms with van der Waals surface area (Å²) in [6.07, 6.45) is 1.13. The average molecular weight is 586 g/mol. The van der Waals surface area contributed by atoms with Gasteiger partial charge in [0.2, 0.25) is 0 Å². The van der Waals surface area contributed by atoms with Crippen LogP contribution in [-0.4, -0.2) is 38.6 Å². The molecule has 0 spiro atoms. The van der Waals surface area contributed by atoms with Gasteiger partial charge in [0, 0.05) is 35.2 Å². The van der Waals surface area contributed by atoms with Gasteiger partial charge >= 0.3 is 0 Å². The van der Waals surface area contributed by atoms with Gasteiger partial charge in [0.1, 0.15) is 23.1 Å². The van der Waals surface area contributed by atoms with Crippen LogP contribution in [0.1, 0.15) is 34.0 Å². The van der Waals surface area contributed by atoms with Gasteiger partial charge in [-0.3, -0.25) is 4.79 Å². The van der Waals surface area contributed by atoms with E-state index in [2.05, 4.69) is 11.9 Å². The van der Waals surface area contributed by atoms with E-state index in [0.29, 0.717) is 18.0 Å². The van der Waals surface area contributed by atoms with Crippen molar-refractivity contribution in [3.05, 3.63) is 114 Å². The third kappa shape index (κ3) is 5.87. The van der Waals surface area contributed by atoms with Crippen molar-refractivity contribution in [2.75, 3.05) is 30.5 Å². The predicted octanol–water partition coefficient (Wildman–Crippen LogP) is 6.16. The summed E-state index contributed by atoms with van der Waals surface area (Å²) in [5.41, 5.74) is 12.1. The number of hydrogen-bond acceptors (Lipinski definition) is 6. The molecule has 0 aromatic heterocycles. The Morgan fingerprint density at radius 1 is 1.05 bits per heavy atom. The molecule has 0 saturated heterocycles. The van der Waals surface area contributed by atoms with Gasteiger partial charge in [0.15, 0.2) is 9.84 Å². The number of anilines is 2. The molecule has 4 aromatic carbocycles. The minimum atomic E-state index is -3.77. The van der Waals surface area contributed by atoms with Gasteiger partial charge in [-0.2, -0.15) is 0 Å². The van der Waals surface area contributed by atoms with Crippen molar-refractivity contribution in [3.63, 3.8) is 0 Å². The Balaban J connectivity index is 1.37. The topological polar surface area (TPSA) is 102 Å². The zero-order valence-electron chi connectivity index (χ0n) is 23.5. The van der Waals surface area contributed by atoms with E-state index in [0.717, 1.165) is 39.9 Å². The molecule has 3 N–H and O–H groups in total. The molecule has 0 saturated carbocycles. The van der Waals surface area contributed by atoms with E-state index < -0.39 is 20.5 Å². The highest BCUT2D eigenvalue weighted by Crippen LogP contribution is 2.32. The summed E-state index contributed by atoms with van der Waals surface area (Å²) in [7, 11) is -3.77. The first kappa shape index (κ1) is 28.9. The maximum Gasteiger partial charge on any atom is 0.254 e. The molecular weight excluding hydrogens is 553 g/mol. The maximum atomic E-state index is 15.1. The average Bonchev–Trinajstić information content (AvgIpc) is 3.19. The Bertz CT molecular complexity index is 1790. The summed E-state index contributed by atoms with van der Waals surface area (Å²) in [6.45, 7) is 6.68. The van der Waals surface area contributed by atoms with Crippen LogP contribution in [0.4, 0.5) is 15.8 Å². The van der Waals surface area contributed by atoms with Crippen molar-refractivity contribution in [1.29, 1.82) is 0 Å². The van der Waals surface area contributed by atoms with Crippen molar-refractivity contribution in [1.82, 2.24) is 4.90 Å². The Labute approximate surface area is 245 Å². The molecule has 5 rings (SSSR count). The number of nitrogens with zero attached hydrogens (tertiary/aromatic N) is 1. The fourth-order valence-corrected chi connectivity index (χ4v) is 5.82. The fourth-order valence-electron chi connectivity index (χ4n) is 5.06.